The quantitative estimate of drug-likeness (QED) is 0.488. The lowest BCUT2D eigenvalue weighted by molar-refractivity contribution is -0.114. The molecule has 140 valence electrons. The highest BCUT2D eigenvalue weighted by molar-refractivity contribution is 8.00. The Morgan fingerprint density at radius 1 is 1.12 bits per heavy atom. The van der Waals surface area contributed by atoms with Crippen molar-refractivity contribution < 1.29 is 18.0 Å². The zero-order valence-electron chi connectivity index (χ0n) is 14.4. The average Bonchev–Trinajstić information content (AvgIpc) is 3.01. The van der Waals surface area contributed by atoms with Gasteiger partial charge in [0.05, 0.1) is 16.9 Å². The first-order valence-corrected chi connectivity index (χ1v) is 11.5. The van der Waals surface area contributed by atoms with Crippen LogP contribution in [0.5, 0.6) is 0 Å². The largest absolute Gasteiger partial charge is 0.326 e. The van der Waals surface area contributed by atoms with Gasteiger partial charge in [-0.25, -0.2) is 13.1 Å². The van der Waals surface area contributed by atoms with E-state index < -0.39 is 10.0 Å². The summed E-state index contributed by atoms with van der Waals surface area (Å²) >= 11 is 2.82. The molecule has 2 N–H and O–H groups in total. The number of Topliss-reactive ketones (excluding diaryl/α,β-unsaturated/α-hetero) is 1. The number of carbonyl (C=O) groups excluding carboxylic acids is 2. The van der Waals surface area contributed by atoms with E-state index in [9.17, 15) is 18.0 Å². The summed E-state index contributed by atoms with van der Waals surface area (Å²) in [5.74, 6) is 0.232. The van der Waals surface area contributed by atoms with Crippen molar-refractivity contribution in [1.82, 2.24) is 4.72 Å². The molecule has 0 radical (unpaired) electrons. The van der Waals surface area contributed by atoms with Crippen LogP contribution in [-0.2, 0) is 21.2 Å². The van der Waals surface area contributed by atoms with E-state index in [2.05, 4.69) is 10.0 Å². The first-order valence-electron chi connectivity index (χ1n) is 7.80. The third-order valence-corrected chi connectivity index (χ3v) is 6.14. The Morgan fingerprint density at radius 3 is 2.42 bits per heavy atom. The van der Waals surface area contributed by atoms with E-state index in [1.807, 2.05) is 18.2 Å². The summed E-state index contributed by atoms with van der Waals surface area (Å²) in [6.45, 7) is 1.77. The number of thioether (sulfide) groups is 1. The lowest BCUT2D eigenvalue weighted by atomic mass is 10.3. The van der Waals surface area contributed by atoms with E-state index in [0.717, 1.165) is 21.7 Å². The number of anilines is 1. The summed E-state index contributed by atoms with van der Waals surface area (Å²) in [6, 6.07) is 11.0. The van der Waals surface area contributed by atoms with Gasteiger partial charge >= 0.3 is 0 Å². The Hall–Kier alpha value is -1.68. The number of carbonyl (C=O) groups is 2. The molecule has 0 unspecified atom stereocenters. The van der Waals surface area contributed by atoms with Gasteiger partial charge in [0.15, 0.2) is 5.78 Å². The maximum atomic E-state index is 12.3. The summed E-state index contributed by atoms with van der Waals surface area (Å²) in [5.41, 5.74) is 0.721. The average molecular weight is 413 g/mol. The Labute approximate surface area is 161 Å². The number of ketones is 1. The predicted molar refractivity (Wildman–Crippen MR) is 107 cm³/mol. The summed E-state index contributed by atoms with van der Waals surface area (Å²) in [7, 11) is -3.19. The Bertz CT molecular complexity index is 874. The summed E-state index contributed by atoms with van der Waals surface area (Å²) < 4.78 is 24.5. The second-order valence-electron chi connectivity index (χ2n) is 5.60. The number of hydrogen-bond acceptors (Lipinski definition) is 6. The summed E-state index contributed by atoms with van der Waals surface area (Å²) in [5, 5.41) is 2.70. The zero-order valence-corrected chi connectivity index (χ0v) is 16.9. The van der Waals surface area contributed by atoms with Crippen LogP contribution < -0.4 is 10.0 Å². The van der Waals surface area contributed by atoms with Gasteiger partial charge in [0, 0.05) is 28.9 Å². The number of hydrogen-bond donors (Lipinski definition) is 2. The maximum absolute atomic E-state index is 12.3. The minimum Gasteiger partial charge on any atom is -0.326 e. The maximum Gasteiger partial charge on any atom is 0.221 e. The number of benzene rings is 1. The lowest BCUT2D eigenvalue weighted by Gasteiger charge is -2.04. The van der Waals surface area contributed by atoms with Crippen LogP contribution in [0.1, 0.15) is 21.5 Å². The van der Waals surface area contributed by atoms with Gasteiger partial charge in [0.2, 0.25) is 15.9 Å². The van der Waals surface area contributed by atoms with E-state index in [-0.39, 0.29) is 11.7 Å². The first kappa shape index (κ1) is 20.6. The Kier molecular flexibility index (Phi) is 7.39. The SMILES string of the molecule is CC(=O)Nc1ccc(SCC(=O)c2ccc(CCNS(C)(=O)=O)s2)cc1. The van der Waals surface area contributed by atoms with E-state index in [1.54, 1.807) is 18.2 Å². The lowest BCUT2D eigenvalue weighted by Crippen LogP contribution is -2.23. The second kappa shape index (κ2) is 9.31. The molecule has 9 heteroatoms. The number of nitrogens with one attached hydrogen (secondary N) is 2. The molecule has 1 amide bonds. The summed E-state index contributed by atoms with van der Waals surface area (Å²) in [4.78, 5) is 25.9. The van der Waals surface area contributed by atoms with Gasteiger partial charge in [-0.05, 0) is 42.8 Å². The van der Waals surface area contributed by atoms with Crippen LogP contribution in [0.2, 0.25) is 0 Å². The monoisotopic (exact) mass is 412 g/mol. The van der Waals surface area contributed by atoms with E-state index in [4.69, 9.17) is 0 Å². The predicted octanol–water partition coefficient (Wildman–Crippen LogP) is 2.77. The fraction of sp³-hybridized carbons (Fsp3) is 0.294. The molecule has 0 aliphatic rings. The van der Waals surface area contributed by atoms with Crippen molar-refractivity contribution in [2.24, 2.45) is 0 Å². The molecule has 0 atom stereocenters. The van der Waals surface area contributed by atoms with Gasteiger partial charge in [0.25, 0.3) is 0 Å². The molecule has 0 saturated heterocycles. The van der Waals surface area contributed by atoms with Crippen molar-refractivity contribution in [3.8, 4) is 0 Å². The molecule has 26 heavy (non-hydrogen) atoms. The number of rotatable bonds is 9. The minimum absolute atomic E-state index is 0.0354. The van der Waals surface area contributed by atoms with E-state index >= 15 is 0 Å². The normalized spacial score (nSPS) is 11.3. The fourth-order valence-electron chi connectivity index (χ4n) is 2.08. The van der Waals surface area contributed by atoms with Crippen molar-refractivity contribution in [3.63, 3.8) is 0 Å². The molecule has 2 aromatic rings. The van der Waals surface area contributed by atoms with Gasteiger partial charge in [-0.15, -0.1) is 23.1 Å². The third-order valence-electron chi connectivity index (χ3n) is 3.22. The molecule has 0 aliphatic carbocycles. The van der Waals surface area contributed by atoms with Gasteiger partial charge in [-0.1, -0.05) is 0 Å². The van der Waals surface area contributed by atoms with Crippen molar-refractivity contribution in [3.05, 3.63) is 46.2 Å². The molecule has 0 saturated carbocycles. The highest BCUT2D eigenvalue weighted by Crippen LogP contribution is 2.24. The second-order valence-corrected chi connectivity index (χ2v) is 9.65. The highest BCUT2D eigenvalue weighted by Gasteiger charge is 2.11. The molecule has 0 bridgehead atoms. The van der Waals surface area contributed by atoms with Gasteiger partial charge in [0.1, 0.15) is 0 Å². The van der Waals surface area contributed by atoms with Gasteiger partial charge < -0.3 is 5.32 Å². The molecule has 6 nitrogen and oxygen atoms in total. The van der Waals surface area contributed by atoms with Crippen LogP contribution in [-0.4, -0.2) is 38.7 Å². The van der Waals surface area contributed by atoms with Crippen LogP contribution in [0.15, 0.2) is 41.3 Å². The minimum atomic E-state index is -3.19. The van der Waals surface area contributed by atoms with E-state index in [1.165, 1.54) is 30.0 Å². The third kappa shape index (κ3) is 7.28. The molecule has 1 aromatic carbocycles. The number of thiophene rings is 1. The molecule has 1 heterocycles. The Balaban J connectivity index is 1.83. The Morgan fingerprint density at radius 2 is 1.81 bits per heavy atom. The number of amides is 1. The highest BCUT2D eigenvalue weighted by atomic mass is 32.2. The van der Waals surface area contributed by atoms with Crippen LogP contribution in [0, 0.1) is 0 Å². The molecule has 0 spiro atoms. The van der Waals surface area contributed by atoms with Gasteiger partial charge in [-0.2, -0.15) is 0 Å². The topological polar surface area (TPSA) is 92.3 Å². The fourth-order valence-corrected chi connectivity index (χ4v) is 4.37. The van der Waals surface area contributed by atoms with Crippen LogP contribution in [0.4, 0.5) is 5.69 Å². The van der Waals surface area contributed by atoms with Gasteiger partial charge in [-0.3, -0.25) is 9.59 Å². The first-order chi connectivity index (χ1) is 12.2. The van der Waals surface area contributed by atoms with E-state index in [0.29, 0.717) is 23.6 Å². The summed E-state index contributed by atoms with van der Waals surface area (Å²) in [6.07, 6.45) is 1.68. The van der Waals surface area contributed by atoms with Crippen LogP contribution >= 0.6 is 23.1 Å². The molecule has 1 aromatic heterocycles. The molecule has 2 rings (SSSR count). The van der Waals surface area contributed by atoms with Crippen molar-refractivity contribution in [1.29, 1.82) is 0 Å². The van der Waals surface area contributed by atoms with Crippen LogP contribution in [0.3, 0.4) is 0 Å². The molecule has 0 fully saturated rings. The molecular formula is C17H20N2O4S3. The van der Waals surface area contributed by atoms with Crippen LogP contribution in [0.25, 0.3) is 0 Å². The van der Waals surface area contributed by atoms with Crippen molar-refractivity contribution in [2.45, 2.75) is 18.2 Å². The van der Waals surface area contributed by atoms with Crippen molar-refractivity contribution >= 4 is 50.5 Å². The standard InChI is InChI=1S/C17H20N2O4S3/c1-12(20)19-13-3-5-14(6-4-13)24-11-16(21)17-8-7-15(25-17)9-10-18-26(2,22)23/h3-8,18H,9-11H2,1-2H3,(H,19,20). The molecule has 0 aliphatic heterocycles. The molecular weight excluding hydrogens is 392 g/mol. The van der Waals surface area contributed by atoms with Crippen molar-refractivity contribution in [2.75, 3.05) is 23.9 Å². The zero-order chi connectivity index (χ0) is 19.2. The smallest absolute Gasteiger partial charge is 0.221 e. The number of sulfonamides is 1.